The van der Waals surface area contributed by atoms with E-state index in [1.165, 1.54) is 43.7 Å². The van der Waals surface area contributed by atoms with Gasteiger partial charge in [-0.05, 0) is 31.7 Å². The van der Waals surface area contributed by atoms with E-state index in [-0.39, 0.29) is 9.52 Å². The second kappa shape index (κ2) is 6.36. The summed E-state index contributed by atoms with van der Waals surface area (Å²) in [5, 5.41) is 0.322. The SMILES string of the molecule is CCCC1([SiH2]Cc2ccccc2)CCCCO1. The molecule has 17 heavy (non-hydrogen) atoms. The Morgan fingerprint density at radius 1 is 1.24 bits per heavy atom. The molecule has 0 amide bonds. The maximum absolute atomic E-state index is 6.19. The van der Waals surface area contributed by atoms with Crippen molar-refractivity contribution in [3.8, 4) is 0 Å². The second-order valence-corrected chi connectivity index (χ2v) is 7.51. The summed E-state index contributed by atoms with van der Waals surface area (Å²) in [4.78, 5) is 0. The highest BCUT2D eigenvalue weighted by Gasteiger charge is 2.31. The van der Waals surface area contributed by atoms with Crippen molar-refractivity contribution < 1.29 is 4.74 Å². The molecule has 2 heteroatoms. The molecule has 94 valence electrons. The van der Waals surface area contributed by atoms with Crippen LogP contribution in [0.3, 0.4) is 0 Å². The lowest BCUT2D eigenvalue weighted by Gasteiger charge is -2.37. The van der Waals surface area contributed by atoms with Gasteiger partial charge in [0.2, 0.25) is 0 Å². The van der Waals surface area contributed by atoms with E-state index in [4.69, 9.17) is 4.74 Å². The highest BCUT2D eigenvalue weighted by Crippen LogP contribution is 2.29. The molecule has 1 heterocycles. The Hall–Kier alpha value is -0.603. The molecule has 0 N–H and O–H groups in total. The molecule has 0 radical (unpaired) electrons. The van der Waals surface area contributed by atoms with Gasteiger partial charge in [-0.3, -0.25) is 0 Å². The Balaban J connectivity index is 1.93. The number of hydrogen-bond acceptors (Lipinski definition) is 1. The Kier molecular flexibility index (Phi) is 4.81. The third-order valence-corrected chi connectivity index (χ3v) is 6.50. The quantitative estimate of drug-likeness (QED) is 0.728. The van der Waals surface area contributed by atoms with E-state index in [1.807, 2.05) is 0 Å². The van der Waals surface area contributed by atoms with Crippen molar-refractivity contribution in [2.24, 2.45) is 0 Å². The summed E-state index contributed by atoms with van der Waals surface area (Å²) in [5.74, 6) is 0. The minimum Gasteiger partial charge on any atom is -0.379 e. The number of rotatable bonds is 5. The van der Waals surface area contributed by atoms with Crippen LogP contribution in [0.2, 0.25) is 0 Å². The average molecular weight is 248 g/mol. The average Bonchev–Trinajstić information content (AvgIpc) is 2.39. The fourth-order valence-electron chi connectivity index (χ4n) is 2.90. The molecular weight excluding hydrogens is 224 g/mol. The zero-order chi connectivity index (χ0) is 12.0. The predicted molar refractivity (Wildman–Crippen MR) is 76.1 cm³/mol. The fraction of sp³-hybridized carbons (Fsp3) is 0.600. The maximum Gasteiger partial charge on any atom is 0.0638 e. The Labute approximate surface area is 107 Å². The molecule has 1 aliphatic heterocycles. The van der Waals surface area contributed by atoms with Crippen molar-refractivity contribution in [3.63, 3.8) is 0 Å². The number of hydrogen-bond donors (Lipinski definition) is 0. The molecule has 1 aromatic carbocycles. The zero-order valence-electron chi connectivity index (χ0n) is 11.0. The Morgan fingerprint density at radius 2 is 2.06 bits per heavy atom. The highest BCUT2D eigenvalue weighted by molar-refractivity contribution is 6.39. The standard InChI is InChI=1S/C15H24OSi/c1-2-10-15(11-6-7-12-16-15)17-13-14-8-4-3-5-9-14/h3-5,8-9H,2,6-7,10-13,17H2,1H3. The van der Waals surface area contributed by atoms with E-state index in [2.05, 4.69) is 37.3 Å². The smallest absolute Gasteiger partial charge is 0.0638 e. The molecule has 0 saturated carbocycles. The van der Waals surface area contributed by atoms with Crippen LogP contribution in [0.25, 0.3) is 0 Å². The summed E-state index contributed by atoms with van der Waals surface area (Å²) >= 11 is 0. The van der Waals surface area contributed by atoms with Gasteiger partial charge in [0.25, 0.3) is 0 Å². The van der Waals surface area contributed by atoms with Gasteiger partial charge in [-0.1, -0.05) is 49.2 Å². The summed E-state index contributed by atoms with van der Waals surface area (Å²) in [6, 6.07) is 12.2. The highest BCUT2D eigenvalue weighted by atomic mass is 28.2. The third-order valence-electron chi connectivity index (χ3n) is 3.85. The van der Waals surface area contributed by atoms with Gasteiger partial charge in [0.1, 0.15) is 0 Å². The lowest BCUT2D eigenvalue weighted by molar-refractivity contribution is -0.0259. The molecule has 1 aromatic rings. The van der Waals surface area contributed by atoms with Crippen LogP contribution in [-0.2, 0) is 10.8 Å². The second-order valence-electron chi connectivity index (χ2n) is 5.22. The van der Waals surface area contributed by atoms with Crippen LogP contribution in [0.1, 0.15) is 44.6 Å². The van der Waals surface area contributed by atoms with Crippen LogP contribution < -0.4 is 0 Å². The molecule has 0 aromatic heterocycles. The molecule has 1 aliphatic rings. The summed E-state index contributed by atoms with van der Waals surface area (Å²) in [6.07, 6.45) is 6.51. The van der Waals surface area contributed by atoms with E-state index in [0.29, 0.717) is 5.22 Å². The molecule has 2 rings (SSSR count). The Morgan fingerprint density at radius 3 is 2.71 bits per heavy atom. The van der Waals surface area contributed by atoms with Crippen molar-refractivity contribution >= 4 is 9.52 Å². The summed E-state index contributed by atoms with van der Waals surface area (Å²) in [7, 11) is -0.173. The molecule has 1 fully saturated rings. The zero-order valence-corrected chi connectivity index (χ0v) is 12.4. The van der Waals surface area contributed by atoms with Crippen LogP contribution in [0, 0.1) is 0 Å². The van der Waals surface area contributed by atoms with E-state index in [1.54, 1.807) is 0 Å². The van der Waals surface area contributed by atoms with Gasteiger partial charge in [-0.25, -0.2) is 0 Å². The van der Waals surface area contributed by atoms with Gasteiger partial charge >= 0.3 is 0 Å². The first-order valence-corrected chi connectivity index (χ1v) is 8.73. The first-order valence-electron chi connectivity index (χ1n) is 7.02. The number of benzene rings is 1. The first-order chi connectivity index (χ1) is 8.35. The number of ether oxygens (including phenoxy) is 1. The van der Waals surface area contributed by atoms with Gasteiger partial charge in [0, 0.05) is 6.61 Å². The van der Waals surface area contributed by atoms with Crippen LogP contribution in [-0.4, -0.2) is 21.4 Å². The van der Waals surface area contributed by atoms with E-state index < -0.39 is 0 Å². The first kappa shape index (κ1) is 12.8. The van der Waals surface area contributed by atoms with Crippen molar-refractivity contribution in [2.45, 2.75) is 50.3 Å². The molecule has 1 saturated heterocycles. The topological polar surface area (TPSA) is 9.23 Å². The molecular formula is C15H24OSi. The van der Waals surface area contributed by atoms with Crippen molar-refractivity contribution in [1.82, 2.24) is 0 Å². The Bertz CT molecular complexity index is 311. The summed E-state index contributed by atoms with van der Waals surface area (Å²) in [5.41, 5.74) is 1.50. The summed E-state index contributed by atoms with van der Waals surface area (Å²) < 4.78 is 6.19. The third kappa shape index (κ3) is 3.68. The van der Waals surface area contributed by atoms with E-state index in [9.17, 15) is 0 Å². The lowest BCUT2D eigenvalue weighted by Crippen LogP contribution is -2.43. The van der Waals surface area contributed by atoms with Gasteiger partial charge in [0.15, 0.2) is 0 Å². The van der Waals surface area contributed by atoms with E-state index >= 15 is 0 Å². The fourth-order valence-corrected chi connectivity index (χ4v) is 5.37. The van der Waals surface area contributed by atoms with Crippen molar-refractivity contribution in [2.75, 3.05) is 6.61 Å². The maximum atomic E-state index is 6.19. The minimum atomic E-state index is -0.173. The molecule has 0 aliphatic carbocycles. The van der Waals surface area contributed by atoms with E-state index in [0.717, 1.165) is 6.61 Å². The largest absolute Gasteiger partial charge is 0.379 e. The monoisotopic (exact) mass is 248 g/mol. The van der Waals surface area contributed by atoms with Gasteiger partial charge < -0.3 is 4.74 Å². The van der Waals surface area contributed by atoms with Crippen molar-refractivity contribution in [1.29, 1.82) is 0 Å². The predicted octanol–water partition coefficient (Wildman–Crippen LogP) is 3.05. The molecule has 1 unspecified atom stereocenters. The van der Waals surface area contributed by atoms with Crippen LogP contribution >= 0.6 is 0 Å². The lowest BCUT2D eigenvalue weighted by atomic mass is 10.0. The molecule has 0 bridgehead atoms. The summed E-state index contributed by atoms with van der Waals surface area (Å²) in [6.45, 7) is 3.29. The normalized spacial score (nSPS) is 25.5. The van der Waals surface area contributed by atoms with Gasteiger partial charge in [0.05, 0.1) is 14.7 Å². The molecule has 1 nitrogen and oxygen atoms in total. The molecule has 1 atom stereocenters. The van der Waals surface area contributed by atoms with Crippen LogP contribution in [0.15, 0.2) is 30.3 Å². The van der Waals surface area contributed by atoms with Gasteiger partial charge in [-0.2, -0.15) is 0 Å². The van der Waals surface area contributed by atoms with Crippen LogP contribution in [0.4, 0.5) is 0 Å². The van der Waals surface area contributed by atoms with Gasteiger partial charge in [-0.15, -0.1) is 0 Å². The van der Waals surface area contributed by atoms with Crippen LogP contribution in [0.5, 0.6) is 0 Å². The molecule has 0 spiro atoms. The van der Waals surface area contributed by atoms with Crippen molar-refractivity contribution in [3.05, 3.63) is 35.9 Å². The minimum absolute atomic E-state index is 0.173.